The molecule has 1 fully saturated rings. The van der Waals surface area contributed by atoms with Gasteiger partial charge in [0.25, 0.3) is 0 Å². The summed E-state index contributed by atoms with van der Waals surface area (Å²) in [6.07, 6.45) is 2.66. The van der Waals surface area contributed by atoms with E-state index in [4.69, 9.17) is 5.73 Å². The van der Waals surface area contributed by atoms with Gasteiger partial charge in [0.2, 0.25) is 15.9 Å². The maximum atomic E-state index is 12.0. The number of hydrogen-bond acceptors (Lipinski definition) is 4. The maximum absolute atomic E-state index is 12.0. The third kappa shape index (κ3) is 4.61. The molecule has 1 heterocycles. The molecule has 0 aliphatic carbocycles. The summed E-state index contributed by atoms with van der Waals surface area (Å²) in [5, 5.41) is 0. The molecule has 0 spiro atoms. The molecule has 1 aliphatic rings. The summed E-state index contributed by atoms with van der Waals surface area (Å²) in [5.74, 6) is -0.141. The van der Waals surface area contributed by atoms with Crippen LogP contribution < -0.4 is 10.5 Å². The molecule has 0 aromatic rings. The van der Waals surface area contributed by atoms with Crippen molar-refractivity contribution in [1.29, 1.82) is 0 Å². The van der Waals surface area contributed by atoms with Crippen LogP contribution in [0.25, 0.3) is 0 Å². The average molecular weight is 263 g/mol. The molecule has 1 unspecified atom stereocenters. The smallest absolute Gasteiger partial charge is 0.242 e. The van der Waals surface area contributed by atoms with Gasteiger partial charge in [0.1, 0.15) is 0 Å². The quantitative estimate of drug-likeness (QED) is 0.701. The van der Waals surface area contributed by atoms with Gasteiger partial charge >= 0.3 is 0 Å². The number of nitrogens with two attached hydrogens (primary N) is 1. The third-order valence-electron chi connectivity index (χ3n) is 2.64. The second-order valence-corrected chi connectivity index (χ2v) is 6.98. The van der Waals surface area contributed by atoms with Crippen LogP contribution in [-0.2, 0) is 14.8 Å². The maximum Gasteiger partial charge on any atom is 0.242 e. The fourth-order valence-electron chi connectivity index (χ4n) is 1.97. The summed E-state index contributed by atoms with van der Waals surface area (Å²) in [7, 11) is -3.23. The minimum Gasteiger partial charge on any atom is -0.340 e. The van der Waals surface area contributed by atoms with E-state index in [1.54, 1.807) is 18.7 Å². The van der Waals surface area contributed by atoms with Gasteiger partial charge in [-0.05, 0) is 26.7 Å². The van der Waals surface area contributed by atoms with Crippen molar-refractivity contribution in [1.82, 2.24) is 9.62 Å². The number of carbonyl (C=O) groups is 1. The van der Waals surface area contributed by atoms with Crippen molar-refractivity contribution in [2.75, 3.05) is 19.3 Å². The minimum absolute atomic E-state index is 0.141. The summed E-state index contributed by atoms with van der Waals surface area (Å²) in [4.78, 5) is 13.6. The highest BCUT2D eigenvalue weighted by Crippen LogP contribution is 2.14. The van der Waals surface area contributed by atoms with Crippen LogP contribution in [0.15, 0.2) is 0 Å². The zero-order valence-corrected chi connectivity index (χ0v) is 11.4. The van der Waals surface area contributed by atoms with Gasteiger partial charge in [-0.2, -0.15) is 0 Å². The molecular formula is C10H21N3O3S. The van der Waals surface area contributed by atoms with Crippen LogP contribution in [0, 0.1) is 0 Å². The molecule has 0 aromatic heterocycles. The Bertz CT molecular complexity index is 386. The lowest BCUT2D eigenvalue weighted by Crippen LogP contribution is -2.56. The number of sulfonamides is 1. The molecule has 3 N–H and O–H groups in total. The standard InChI is InChI=1S/C10H21N3O3S/c1-10(2,11)9(14)13-6-4-5-8(7-13)12-17(3,15)16/h8,12H,4-7,11H2,1-3H3. The summed E-state index contributed by atoms with van der Waals surface area (Å²) in [5.41, 5.74) is 4.84. The van der Waals surface area contributed by atoms with E-state index < -0.39 is 15.6 Å². The third-order valence-corrected chi connectivity index (χ3v) is 3.40. The summed E-state index contributed by atoms with van der Waals surface area (Å²) in [6, 6.07) is -0.204. The molecule has 1 rings (SSSR count). The highest BCUT2D eigenvalue weighted by Gasteiger charge is 2.32. The molecule has 100 valence electrons. The van der Waals surface area contributed by atoms with Crippen LogP contribution in [0.4, 0.5) is 0 Å². The van der Waals surface area contributed by atoms with Crippen LogP contribution in [0.1, 0.15) is 26.7 Å². The van der Waals surface area contributed by atoms with Gasteiger partial charge in [-0.1, -0.05) is 0 Å². The Kier molecular flexibility index (Phi) is 4.16. The van der Waals surface area contributed by atoms with Crippen molar-refractivity contribution in [3.63, 3.8) is 0 Å². The fraction of sp³-hybridized carbons (Fsp3) is 0.900. The van der Waals surface area contributed by atoms with Crippen LogP contribution in [0.5, 0.6) is 0 Å². The summed E-state index contributed by atoms with van der Waals surface area (Å²) in [6.45, 7) is 4.35. The molecule has 1 saturated heterocycles. The lowest BCUT2D eigenvalue weighted by atomic mass is 10.0. The normalized spacial score (nSPS) is 22.6. The minimum atomic E-state index is -3.23. The number of amides is 1. The van der Waals surface area contributed by atoms with Crippen molar-refractivity contribution in [2.45, 2.75) is 38.3 Å². The van der Waals surface area contributed by atoms with Gasteiger partial charge < -0.3 is 10.6 Å². The Morgan fingerprint density at radius 2 is 2.06 bits per heavy atom. The molecule has 17 heavy (non-hydrogen) atoms. The van der Waals surface area contributed by atoms with E-state index in [9.17, 15) is 13.2 Å². The summed E-state index contributed by atoms with van der Waals surface area (Å²) < 4.78 is 24.8. The Morgan fingerprint density at radius 1 is 1.47 bits per heavy atom. The number of rotatable bonds is 3. The second kappa shape index (κ2) is 4.91. The SMILES string of the molecule is CC(C)(N)C(=O)N1CCCC(NS(C)(=O)=O)C1. The van der Waals surface area contributed by atoms with E-state index in [2.05, 4.69) is 4.72 Å². The average Bonchev–Trinajstić information content (AvgIpc) is 2.12. The largest absolute Gasteiger partial charge is 0.340 e. The van der Waals surface area contributed by atoms with Crippen LogP contribution in [-0.4, -0.2) is 50.2 Å². The molecule has 6 nitrogen and oxygen atoms in total. The monoisotopic (exact) mass is 263 g/mol. The van der Waals surface area contributed by atoms with Gasteiger partial charge in [-0.3, -0.25) is 4.79 Å². The number of piperidine rings is 1. The first kappa shape index (κ1) is 14.4. The van der Waals surface area contributed by atoms with Gasteiger partial charge in [-0.25, -0.2) is 13.1 Å². The second-order valence-electron chi connectivity index (χ2n) is 5.20. The van der Waals surface area contributed by atoms with Crippen molar-refractivity contribution in [2.24, 2.45) is 5.73 Å². The highest BCUT2D eigenvalue weighted by molar-refractivity contribution is 7.88. The van der Waals surface area contributed by atoms with E-state index in [0.29, 0.717) is 13.1 Å². The number of carbonyl (C=O) groups excluding carboxylic acids is 1. The van der Waals surface area contributed by atoms with Gasteiger partial charge in [0, 0.05) is 19.1 Å². The first-order valence-electron chi connectivity index (χ1n) is 5.65. The molecule has 1 atom stereocenters. The molecule has 0 saturated carbocycles. The van der Waals surface area contributed by atoms with Crippen LogP contribution in [0.2, 0.25) is 0 Å². The number of hydrogen-bond donors (Lipinski definition) is 2. The van der Waals surface area contributed by atoms with Crippen molar-refractivity contribution >= 4 is 15.9 Å². The van der Waals surface area contributed by atoms with Gasteiger partial charge in [0.15, 0.2) is 0 Å². The Labute approximate surface area is 103 Å². The van der Waals surface area contributed by atoms with Crippen LogP contribution >= 0.6 is 0 Å². The van der Waals surface area contributed by atoms with Crippen molar-refractivity contribution in [3.05, 3.63) is 0 Å². The molecule has 0 radical (unpaired) electrons. The lowest BCUT2D eigenvalue weighted by Gasteiger charge is -2.36. The first-order chi connectivity index (χ1) is 7.59. The Hall–Kier alpha value is -0.660. The number of likely N-dealkylation sites (tertiary alicyclic amines) is 1. The Balaban J connectivity index is 2.64. The van der Waals surface area contributed by atoms with Gasteiger partial charge in [0.05, 0.1) is 11.8 Å². The number of nitrogens with zero attached hydrogens (tertiary/aromatic N) is 1. The van der Waals surface area contributed by atoms with Crippen molar-refractivity contribution in [3.8, 4) is 0 Å². The number of nitrogens with one attached hydrogen (secondary N) is 1. The zero-order chi connectivity index (χ0) is 13.3. The molecule has 1 aliphatic heterocycles. The fourth-order valence-corrected chi connectivity index (χ4v) is 2.77. The highest BCUT2D eigenvalue weighted by atomic mass is 32.2. The zero-order valence-electron chi connectivity index (χ0n) is 10.6. The van der Waals surface area contributed by atoms with E-state index in [-0.39, 0.29) is 11.9 Å². The van der Waals surface area contributed by atoms with Crippen LogP contribution in [0.3, 0.4) is 0 Å². The molecular weight excluding hydrogens is 242 g/mol. The van der Waals surface area contributed by atoms with E-state index in [1.165, 1.54) is 0 Å². The van der Waals surface area contributed by atoms with E-state index >= 15 is 0 Å². The van der Waals surface area contributed by atoms with E-state index in [1.807, 2.05) is 0 Å². The molecule has 7 heteroatoms. The first-order valence-corrected chi connectivity index (χ1v) is 7.54. The predicted molar refractivity (Wildman–Crippen MR) is 65.8 cm³/mol. The molecule has 1 amide bonds. The molecule has 0 aromatic carbocycles. The topological polar surface area (TPSA) is 92.5 Å². The molecule has 0 bridgehead atoms. The van der Waals surface area contributed by atoms with Gasteiger partial charge in [-0.15, -0.1) is 0 Å². The van der Waals surface area contributed by atoms with Crippen molar-refractivity contribution < 1.29 is 13.2 Å². The lowest BCUT2D eigenvalue weighted by molar-refractivity contribution is -0.137. The predicted octanol–water partition coefficient (Wildman–Crippen LogP) is -0.736. The van der Waals surface area contributed by atoms with E-state index in [0.717, 1.165) is 19.1 Å². The summed E-state index contributed by atoms with van der Waals surface area (Å²) >= 11 is 0. The Morgan fingerprint density at radius 3 is 2.53 bits per heavy atom.